The molecule has 0 aliphatic rings. The molecule has 5 heteroatoms. The molecule has 0 aliphatic carbocycles. The van der Waals surface area contributed by atoms with Crippen molar-refractivity contribution < 1.29 is 0 Å². The van der Waals surface area contributed by atoms with Crippen molar-refractivity contribution in [3.8, 4) is 6.07 Å². The van der Waals surface area contributed by atoms with Crippen molar-refractivity contribution in [3.05, 3.63) is 52.3 Å². The smallest absolute Gasteiger partial charge is 0.187 e. The summed E-state index contributed by atoms with van der Waals surface area (Å²) in [5, 5.41) is 20.4. The Morgan fingerprint density at radius 3 is 2.80 bits per heavy atom. The second-order valence-corrected chi connectivity index (χ2v) is 5.49. The fourth-order valence-electron chi connectivity index (χ4n) is 2.22. The summed E-state index contributed by atoms with van der Waals surface area (Å²) >= 11 is 1.70. The lowest BCUT2D eigenvalue weighted by atomic mass is 10.1. The van der Waals surface area contributed by atoms with E-state index in [2.05, 4.69) is 32.6 Å². The molecule has 0 aliphatic heterocycles. The molecule has 3 aromatic rings. The van der Waals surface area contributed by atoms with E-state index in [0.29, 0.717) is 5.69 Å². The van der Waals surface area contributed by atoms with Crippen LogP contribution in [0.15, 0.2) is 41.8 Å². The molecule has 1 aromatic carbocycles. The molecule has 3 rings (SSSR count). The Labute approximate surface area is 120 Å². The number of aromatic nitrogens is 2. The van der Waals surface area contributed by atoms with Crippen molar-refractivity contribution in [1.82, 2.24) is 10.2 Å². The molecule has 0 spiro atoms. The van der Waals surface area contributed by atoms with Crippen LogP contribution in [0.5, 0.6) is 0 Å². The molecule has 0 radical (unpaired) electrons. The van der Waals surface area contributed by atoms with Gasteiger partial charge in [0.2, 0.25) is 0 Å². The fraction of sp³-hybridized carbons (Fsp3) is 0.133. The average molecular weight is 280 g/mol. The van der Waals surface area contributed by atoms with Gasteiger partial charge < -0.3 is 4.90 Å². The van der Waals surface area contributed by atoms with Crippen LogP contribution in [0.2, 0.25) is 0 Å². The van der Waals surface area contributed by atoms with Crippen LogP contribution in [0.1, 0.15) is 10.6 Å². The largest absolute Gasteiger partial charge is 0.366 e. The molecular formula is C15H12N4S. The van der Waals surface area contributed by atoms with Gasteiger partial charge in [-0.3, -0.25) is 0 Å². The maximum atomic E-state index is 9.28. The lowest BCUT2D eigenvalue weighted by Gasteiger charge is -2.20. The molecule has 0 atom stereocenters. The number of nitrogens with zero attached hydrogens (tertiary/aromatic N) is 4. The Morgan fingerprint density at radius 1 is 1.20 bits per heavy atom. The summed E-state index contributed by atoms with van der Waals surface area (Å²) in [7, 11) is 1.98. The Balaban J connectivity index is 2.11. The van der Waals surface area contributed by atoms with Crippen LogP contribution in [0, 0.1) is 11.3 Å². The third-order valence-electron chi connectivity index (χ3n) is 3.10. The van der Waals surface area contributed by atoms with Crippen LogP contribution in [0.25, 0.3) is 10.9 Å². The number of rotatable bonds is 3. The third-order valence-corrected chi connectivity index (χ3v) is 3.96. The van der Waals surface area contributed by atoms with Crippen LogP contribution in [-0.4, -0.2) is 17.2 Å². The standard InChI is InChI=1S/C15H12N4S/c1-19(10-11-5-4-8-20-11)15-12-6-2-3-7-13(12)17-18-14(15)9-16/h2-8H,10H2,1H3. The maximum Gasteiger partial charge on any atom is 0.187 e. The number of nitriles is 1. The van der Waals surface area contributed by atoms with E-state index in [9.17, 15) is 5.26 Å². The van der Waals surface area contributed by atoms with Crippen molar-refractivity contribution in [2.24, 2.45) is 0 Å². The minimum absolute atomic E-state index is 0.364. The third kappa shape index (κ3) is 2.22. The normalized spacial score (nSPS) is 10.4. The summed E-state index contributed by atoms with van der Waals surface area (Å²) in [6.07, 6.45) is 0. The summed E-state index contributed by atoms with van der Waals surface area (Å²) in [5.41, 5.74) is 2.01. The summed E-state index contributed by atoms with van der Waals surface area (Å²) in [6, 6.07) is 14.0. The Bertz CT molecular complexity index is 774. The van der Waals surface area contributed by atoms with Gasteiger partial charge in [0.25, 0.3) is 0 Å². The van der Waals surface area contributed by atoms with Gasteiger partial charge in [-0.2, -0.15) is 5.26 Å². The number of hydrogen-bond donors (Lipinski definition) is 0. The number of fused-ring (bicyclic) bond motifs is 1. The molecule has 0 unspecified atom stereocenters. The first-order valence-corrected chi connectivity index (χ1v) is 7.06. The van der Waals surface area contributed by atoms with E-state index < -0.39 is 0 Å². The SMILES string of the molecule is CN(Cc1cccs1)c1c(C#N)nnc2ccccc12. The quantitative estimate of drug-likeness (QED) is 0.739. The number of hydrogen-bond acceptors (Lipinski definition) is 5. The van der Waals surface area contributed by atoms with Crippen molar-refractivity contribution in [2.75, 3.05) is 11.9 Å². The van der Waals surface area contributed by atoms with Crippen LogP contribution in [0.4, 0.5) is 5.69 Å². The van der Waals surface area contributed by atoms with E-state index in [1.165, 1.54) is 4.88 Å². The first kappa shape index (κ1) is 12.6. The van der Waals surface area contributed by atoms with Gasteiger partial charge in [-0.15, -0.1) is 21.5 Å². The van der Waals surface area contributed by atoms with Crippen LogP contribution in [-0.2, 0) is 6.54 Å². The zero-order valence-corrected chi connectivity index (χ0v) is 11.8. The lowest BCUT2D eigenvalue weighted by Crippen LogP contribution is -2.18. The highest BCUT2D eigenvalue weighted by Gasteiger charge is 2.14. The minimum atomic E-state index is 0.364. The van der Waals surface area contributed by atoms with E-state index in [1.807, 2.05) is 37.4 Å². The van der Waals surface area contributed by atoms with Gasteiger partial charge in [-0.1, -0.05) is 24.3 Å². The van der Waals surface area contributed by atoms with Crippen molar-refractivity contribution in [1.29, 1.82) is 5.26 Å². The Hall–Kier alpha value is -2.45. The molecule has 0 bridgehead atoms. The van der Waals surface area contributed by atoms with E-state index in [4.69, 9.17) is 0 Å². The van der Waals surface area contributed by atoms with E-state index in [-0.39, 0.29) is 0 Å². The molecule has 2 heterocycles. The van der Waals surface area contributed by atoms with Crippen LogP contribution >= 0.6 is 11.3 Å². The summed E-state index contributed by atoms with van der Waals surface area (Å²) < 4.78 is 0. The average Bonchev–Trinajstić information content (AvgIpc) is 2.98. The van der Waals surface area contributed by atoms with Gasteiger partial charge in [-0.25, -0.2) is 0 Å². The van der Waals surface area contributed by atoms with E-state index in [0.717, 1.165) is 23.1 Å². The van der Waals surface area contributed by atoms with E-state index in [1.54, 1.807) is 11.3 Å². The predicted octanol–water partition coefficient (Wildman–Crippen LogP) is 3.20. The van der Waals surface area contributed by atoms with Gasteiger partial charge in [0.05, 0.1) is 17.7 Å². The Kier molecular flexibility index (Phi) is 3.32. The number of benzene rings is 1. The van der Waals surface area contributed by atoms with Gasteiger partial charge in [0, 0.05) is 17.3 Å². The Morgan fingerprint density at radius 2 is 2.05 bits per heavy atom. The molecule has 2 aromatic heterocycles. The minimum Gasteiger partial charge on any atom is -0.366 e. The molecule has 4 nitrogen and oxygen atoms in total. The number of anilines is 1. The molecule has 20 heavy (non-hydrogen) atoms. The summed E-state index contributed by atoms with van der Waals surface area (Å²) in [4.78, 5) is 3.30. The van der Waals surface area contributed by atoms with Crippen molar-refractivity contribution in [3.63, 3.8) is 0 Å². The van der Waals surface area contributed by atoms with Gasteiger partial charge in [0.1, 0.15) is 6.07 Å². The lowest BCUT2D eigenvalue weighted by molar-refractivity contribution is 0.923. The maximum absolute atomic E-state index is 9.28. The molecule has 0 amide bonds. The molecule has 0 saturated carbocycles. The molecule has 0 saturated heterocycles. The summed E-state index contributed by atoms with van der Waals surface area (Å²) in [6.45, 7) is 0.752. The van der Waals surface area contributed by atoms with Gasteiger partial charge in [0.15, 0.2) is 5.69 Å². The highest BCUT2D eigenvalue weighted by Crippen LogP contribution is 2.28. The monoisotopic (exact) mass is 280 g/mol. The molecule has 0 fully saturated rings. The fourth-order valence-corrected chi connectivity index (χ4v) is 2.97. The van der Waals surface area contributed by atoms with Crippen molar-refractivity contribution >= 4 is 27.9 Å². The first-order valence-electron chi connectivity index (χ1n) is 6.18. The second-order valence-electron chi connectivity index (χ2n) is 4.46. The van der Waals surface area contributed by atoms with E-state index >= 15 is 0 Å². The van der Waals surface area contributed by atoms with Crippen LogP contribution < -0.4 is 4.90 Å². The zero-order chi connectivity index (χ0) is 13.9. The first-order chi connectivity index (χ1) is 9.79. The van der Waals surface area contributed by atoms with Gasteiger partial charge >= 0.3 is 0 Å². The van der Waals surface area contributed by atoms with Gasteiger partial charge in [-0.05, 0) is 17.5 Å². The highest BCUT2D eigenvalue weighted by atomic mass is 32.1. The number of thiophene rings is 1. The van der Waals surface area contributed by atoms with Crippen molar-refractivity contribution in [2.45, 2.75) is 6.54 Å². The predicted molar refractivity (Wildman–Crippen MR) is 80.7 cm³/mol. The topological polar surface area (TPSA) is 52.8 Å². The molecule has 98 valence electrons. The summed E-state index contributed by atoms with van der Waals surface area (Å²) in [5.74, 6) is 0. The highest BCUT2D eigenvalue weighted by molar-refractivity contribution is 7.09. The van der Waals surface area contributed by atoms with Crippen LogP contribution in [0.3, 0.4) is 0 Å². The second kappa shape index (κ2) is 5.27. The molecule has 0 N–H and O–H groups in total. The molecular weight excluding hydrogens is 268 g/mol. The zero-order valence-electron chi connectivity index (χ0n) is 10.9.